The molecule has 0 unspecified atom stereocenters. The molecule has 4 aromatic heterocycles. The maximum Gasteiger partial charge on any atom is 0.490 e. The van der Waals surface area contributed by atoms with Crippen LogP contribution in [-0.4, -0.2) is 42.2 Å². The lowest BCUT2D eigenvalue weighted by Gasteiger charge is -2.09. The smallest absolute Gasteiger partial charge is 0.475 e. The quantitative estimate of drug-likeness (QED) is 0.328. The fourth-order valence-corrected chi connectivity index (χ4v) is 3.45. The Morgan fingerprint density at radius 2 is 1.59 bits per heavy atom. The molecule has 0 radical (unpaired) electrons. The molecule has 0 aromatic carbocycles. The van der Waals surface area contributed by atoms with Gasteiger partial charge in [-0.15, -0.1) is 0 Å². The van der Waals surface area contributed by atoms with Crippen molar-refractivity contribution in [1.29, 1.82) is 10.5 Å². The van der Waals surface area contributed by atoms with Crippen molar-refractivity contribution in [3.8, 4) is 35.5 Å². The Labute approximate surface area is 214 Å². The number of ether oxygens (including phenoxy) is 2. The Bertz CT molecular complexity index is 1540. The third kappa shape index (κ3) is 6.68. The monoisotopic (exact) mass is 575 g/mol. The second-order valence-electron chi connectivity index (χ2n) is 6.86. The minimum atomic E-state index is -5.08. The first-order valence-corrected chi connectivity index (χ1v) is 10.8. The molecule has 0 saturated heterocycles. The Kier molecular flexibility index (Phi) is 8.21. The summed E-state index contributed by atoms with van der Waals surface area (Å²) in [6.07, 6.45) is 1.45. The summed E-state index contributed by atoms with van der Waals surface area (Å²) >= 11 is 3.57. The fourth-order valence-electron chi connectivity index (χ4n) is 2.71. The number of carboxylic acid groups (broad SMARTS) is 1. The van der Waals surface area contributed by atoms with Crippen LogP contribution in [-0.2, 0) is 11.2 Å². The molecule has 0 aliphatic carbocycles. The summed E-state index contributed by atoms with van der Waals surface area (Å²) in [5.41, 5.74) is 2.13. The number of carbonyl (C=O) groups is 1. The van der Waals surface area contributed by atoms with Crippen LogP contribution in [0.4, 0.5) is 13.2 Å². The minimum absolute atomic E-state index is 0.00944. The van der Waals surface area contributed by atoms with Gasteiger partial charge in [-0.2, -0.15) is 33.7 Å². The van der Waals surface area contributed by atoms with Crippen molar-refractivity contribution < 1.29 is 32.5 Å². The second-order valence-corrected chi connectivity index (χ2v) is 7.65. The van der Waals surface area contributed by atoms with E-state index in [4.69, 9.17) is 29.9 Å². The van der Waals surface area contributed by atoms with Gasteiger partial charge in [0.1, 0.15) is 23.5 Å². The van der Waals surface area contributed by atoms with Crippen molar-refractivity contribution in [3.63, 3.8) is 0 Å². The molecule has 4 heterocycles. The number of fused-ring (bicyclic) bond motifs is 1. The van der Waals surface area contributed by atoms with Gasteiger partial charge in [-0.25, -0.2) is 4.79 Å². The van der Waals surface area contributed by atoms with E-state index in [1.807, 2.05) is 19.1 Å². The summed E-state index contributed by atoms with van der Waals surface area (Å²) in [6, 6.07) is 7.12. The number of hydrogen-bond acceptors (Lipinski definition) is 9. The molecule has 0 fully saturated rings. The number of carboxylic acids is 1. The molecule has 188 valence electrons. The SMILES string of the molecule is CCc1[nH]c2nc(Oc3cncc(C#N)c3)nc(Oc3cncc(C#N)c3)c2c1Br.O=C(O)C(F)(F)F. The average molecular weight is 576 g/mol. The average Bonchev–Trinajstić information content (AvgIpc) is 3.19. The Morgan fingerprint density at radius 1 is 1.05 bits per heavy atom. The third-order valence-electron chi connectivity index (χ3n) is 4.31. The van der Waals surface area contributed by atoms with Gasteiger partial charge in [0.2, 0.25) is 5.88 Å². The standard InChI is InChI=1S/C20H12BrN7O2.C2HF3O2/c1-2-15-17(21)16-18(26-15)27-20(30-14-4-12(6-23)8-25-10-14)28-19(16)29-13-3-11(5-22)7-24-9-13;3-2(4,5)1(6)7/h3-4,7-10H,2H2,1H3,(H,26,27,28);(H,6,7). The van der Waals surface area contributed by atoms with E-state index in [-0.39, 0.29) is 11.9 Å². The van der Waals surface area contributed by atoms with Crippen molar-refractivity contribution >= 4 is 32.9 Å². The molecule has 11 nitrogen and oxygen atoms in total. The molecule has 0 amide bonds. The molecule has 2 N–H and O–H groups in total. The van der Waals surface area contributed by atoms with Gasteiger partial charge in [-0.1, -0.05) is 6.92 Å². The fraction of sp³-hybridized carbons (Fsp3) is 0.136. The molecule has 0 atom stereocenters. The predicted molar refractivity (Wildman–Crippen MR) is 123 cm³/mol. The maximum absolute atomic E-state index is 10.6. The summed E-state index contributed by atoms with van der Waals surface area (Å²) < 4.78 is 44.2. The van der Waals surface area contributed by atoms with Crippen LogP contribution >= 0.6 is 15.9 Å². The number of nitrogens with zero attached hydrogens (tertiary/aromatic N) is 6. The van der Waals surface area contributed by atoms with Crippen molar-refractivity contribution in [1.82, 2.24) is 24.9 Å². The van der Waals surface area contributed by atoms with E-state index >= 15 is 0 Å². The molecule has 4 rings (SSSR count). The normalized spacial score (nSPS) is 10.6. The molecule has 0 saturated carbocycles. The van der Waals surface area contributed by atoms with E-state index in [1.165, 1.54) is 30.9 Å². The highest BCUT2D eigenvalue weighted by Gasteiger charge is 2.38. The molecule has 37 heavy (non-hydrogen) atoms. The van der Waals surface area contributed by atoms with Crippen molar-refractivity contribution in [3.05, 3.63) is 58.2 Å². The predicted octanol–water partition coefficient (Wildman–Crippen LogP) is 5.03. The number of halogens is 4. The van der Waals surface area contributed by atoms with Gasteiger partial charge in [0.15, 0.2) is 5.75 Å². The minimum Gasteiger partial charge on any atom is -0.475 e. The molecule has 0 bridgehead atoms. The molecular formula is C22H13BrF3N7O4. The molecule has 0 aliphatic heterocycles. The lowest BCUT2D eigenvalue weighted by molar-refractivity contribution is -0.192. The second kappa shape index (κ2) is 11.3. The number of H-pyrrole nitrogens is 1. The molecule has 0 spiro atoms. The highest BCUT2D eigenvalue weighted by molar-refractivity contribution is 9.10. The largest absolute Gasteiger partial charge is 0.490 e. The lowest BCUT2D eigenvalue weighted by Crippen LogP contribution is -2.21. The van der Waals surface area contributed by atoms with E-state index in [2.05, 4.69) is 40.8 Å². The van der Waals surface area contributed by atoms with Crippen LogP contribution in [0.5, 0.6) is 23.4 Å². The molecular weight excluding hydrogens is 563 g/mol. The van der Waals surface area contributed by atoms with Crippen LogP contribution in [0, 0.1) is 22.7 Å². The number of aromatic nitrogens is 5. The number of alkyl halides is 3. The number of nitriles is 2. The van der Waals surface area contributed by atoms with Crippen molar-refractivity contribution in [2.24, 2.45) is 0 Å². The lowest BCUT2D eigenvalue weighted by atomic mass is 10.3. The summed E-state index contributed by atoms with van der Waals surface area (Å²) in [4.78, 5) is 28.9. The van der Waals surface area contributed by atoms with Gasteiger partial charge in [-0.05, 0) is 22.4 Å². The van der Waals surface area contributed by atoms with Gasteiger partial charge in [-0.3, -0.25) is 9.97 Å². The van der Waals surface area contributed by atoms with E-state index < -0.39 is 12.1 Å². The first kappa shape index (κ1) is 26.8. The van der Waals surface area contributed by atoms with Crippen LogP contribution in [0.3, 0.4) is 0 Å². The zero-order chi connectivity index (χ0) is 27.2. The van der Waals surface area contributed by atoms with Crippen LogP contribution in [0.1, 0.15) is 23.7 Å². The highest BCUT2D eigenvalue weighted by atomic mass is 79.9. The number of aliphatic carboxylic acids is 1. The van der Waals surface area contributed by atoms with Crippen molar-refractivity contribution in [2.45, 2.75) is 19.5 Å². The number of nitrogens with one attached hydrogen (secondary N) is 1. The number of pyridine rings is 2. The maximum atomic E-state index is 10.6. The molecule has 15 heteroatoms. The number of rotatable bonds is 5. The van der Waals surface area contributed by atoms with Crippen LogP contribution in [0.25, 0.3) is 11.0 Å². The summed E-state index contributed by atoms with van der Waals surface area (Å²) in [5.74, 6) is -1.88. The Balaban J connectivity index is 0.000000479. The number of aryl methyl sites for hydroxylation is 1. The summed E-state index contributed by atoms with van der Waals surface area (Å²) in [6.45, 7) is 2.00. The van der Waals surface area contributed by atoms with Gasteiger partial charge in [0, 0.05) is 30.2 Å². The van der Waals surface area contributed by atoms with E-state index in [0.29, 0.717) is 33.7 Å². The van der Waals surface area contributed by atoms with Gasteiger partial charge in [0.05, 0.1) is 33.4 Å². The van der Waals surface area contributed by atoms with Crippen LogP contribution in [0.15, 0.2) is 41.4 Å². The van der Waals surface area contributed by atoms with Gasteiger partial charge < -0.3 is 19.6 Å². The Morgan fingerprint density at radius 3 is 2.08 bits per heavy atom. The van der Waals surface area contributed by atoms with Crippen LogP contribution < -0.4 is 9.47 Å². The number of aromatic amines is 1. The zero-order valence-corrected chi connectivity index (χ0v) is 20.1. The summed E-state index contributed by atoms with van der Waals surface area (Å²) in [5, 5.41) is 25.9. The van der Waals surface area contributed by atoms with E-state index in [9.17, 15) is 13.2 Å². The molecule has 0 aliphatic rings. The van der Waals surface area contributed by atoms with Gasteiger partial charge in [0.25, 0.3) is 0 Å². The van der Waals surface area contributed by atoms with E-state index in [1.54, 1.807) is 6.07 Å². The Hall–Kier alpha value is -4.76. The highest BCUT2D eigenvalue weighted by Crippen LogP contribution is 2.37. The summed E-state index contributed by atoms with van der Waals surface area (Å²) in [7, 11) is 0. The molecule has 4 aromatic rings. The first-order chi connectivity index (χ1) is 17.5. The van der Waals surface area contributed by atoms with Crippen LogP contribution in [0.2, 0.25) is 0 Å². The number of hydrogen-bond donors (Lipinski definition) is 2. The van der Waals surface area contributed by atoms with Crippen molar-refractivity contribution in [2.75, 3.05) is 0 Å². The topological polar surface area (TPSA) is 171 Å². The third-order valence-corrected chi connectivity index (χ3v) is 5.19. The van der Waals surface area contributed by atoms with Gasteiger partial charge >= 0.3 is 18.2 Å². The van der Waals surface area contributed by atoms with E-state index in [0.717, 1.165) is 16.6 Å². The zero-order valence-electron chi connectivity index (χ0n) is 18.5. The first-order valence-electron chi connectivity index (χ1n) is 9.99.